The Balaban J connectivity index is 1.53. The molecule has 30 heavy (non-hydrogen) atoms. The Labute approximate surface area is 178 Å². The molecule has 1 atom stereocenters. The summed E-state index contributed by atoms with van der Waals surface area (Å²) in [4.78, 5) is 44.7. The average Bonchev–Trinajstić information content (AvgIpc) is 3.21. The highest BCUT2D eigenvalue weighted by molar-refractivity contribution is 7.12. The number of carbonyl (C=O) groups is 3. The minimum atomic E-state index is -1.02. The molecule has 3 heterocycles. The van der Waals surface area contributed by atoms with E-state index in [2.05, 4.69) is 24.8 Å². The maximum atomic E-state index is 12.4. The number of ether oxygens (including phenoxy) is 1. The third-order valence-electron chi connectivity index (χ3n) is 4.92. The molecule has 0 bridgehead atoms. The number of aromatic nitrogens is 1. The lowest BCUT2D eigenvalue weighted by Crippen LogP contribution is -2.49. The largest absolute Gasteiger partial charge is 0.481 e. The first-order valence-electron chi connectivity index (χ1n) is 9.54. The Morgan fingerprint density at radius 3 is 2.63 bits per heavy atom. The molecule has 2 aromatic rings. The van der Waals surface area contributed by atoms with Gasteiger partial charge in [-0.2, -0.15) is 0 Å². The van der Waals surface area contributed by atoms with Crippen LogP contribution in [0.15, 0.2) is 35.8 Å². The highest BCUT2D eigenvalue weighted by Crippen LogP contribution is 2.24. The van der Waals surface area contributed by atoms with E-state index in [-0.39, 0.29) is 17.8 Å². The normalized spacial score (nSPS) is 15.4. The number of nitrogens with one attached hydrogen (secondary N) is 1. The zero-order valence-electron chi connectivity index (χ0n) is 16.6. The smallest absolute Gasteiger partial charge is 0.350 e. The summed E-state index contributed by atoms with van der Waals surface area (Å²) in [6.07, 6.45) is 1.58. The van der Waals surface area contributed by atoms with E-state index in [9.17, 15) is 19.5 Å². The van der Waals surface area contributed by atoms with Gasteiger partial charge in [0.1, 0.15) is 10.7 Å². The predicted octanol–water partition coefficient (Wildman–Crippen LogP) is 1.78. The lowest BCUT2D eigenvalue weighted by Gasteiger charge is -2.36. The van der Waals surface area contributed by atoms with Crippen LogP contribution in [0.5, 0.6) is 0 Å². The number of nitrogens with zero attached hydrogens (tertiary/aromatic N) is 3. The maximum Gasteiger partial charge on any atom is 0.350 e. The molecule has 160 valence electrons. The summed E-state index contributed by atoms with van der Waals surface area (Å²) >= 11 is 1.15. The van der Waals surface area contributed by atoms with E-state index in [1.54, 1.807) is 17.6 Å². The van der Waals surface area contributed by atoms with Crippen molar-refractivity contribution in [1.82, 2.24) is 9.88 Å². The van der Waals surface area contributed by atoms with E-state index in [1.807, 2.05) is 18.2 Å². The Morgan fingerprint density at radius 1 is 1.23 bits per heavy atom. The Hall–Kier alpha value is -2.98. The lowest BCUT2D eigenvalue weighted by atomic mass is 10.0. The van der Waals surface area contributed by atoms with Gasteiger partial charge in [-0.25, -0.2) is 9.78 Å². The number of hydrogen-bond donors (Lipinski definition) is 2. The van der Waals surface area contributed by atoms with Crippen LogP contribution in [0.25, 0.3) is 0 Å². The monoisotopic (exact) mass is 432 g/mol. The molecule has 1 amide bonds. The number of piperazine rings is 1. The van der Waals surface area contributed by atoms with E-state index in [4.69, 9.17) is 0 Å². The summed E-state index contributed by atoms with van der Waals surface area (Å²) in [5.41, 5.74) is 0.338. The fourth-order valence-electron chi connectivity index (χ4n) is 3.33. The molecule has 1 fully saturated rings. The van der Waals surface area contributed by atoms with Gasteiger partial charge in [0.2, 0.25) is 5.91 Å². The fraction of sp³-hybridized carbons (Fsp3) is 0.400. The van der Waals surface area contributed by atoms with Crippen molar-refractivity contribution in [3.63, 3.8) is 0 Å². The van der Waals surface area contributed by atoms with Gasteiger partial charge in [0, 0.05) is 45.3 Å². The quantitative estimate of drug-likeness (QED) is 0.607. The lowest BCUT2D eigenvalue weighted by molar-refractivity contribution is -0.144. The molecular formula is C20H24N4O5S. The summed E-state index contributed by atoms with van der Waals surface area (Å²) in [5.74, 6) is -1.94. The number of pyridine rings is 1. The number of esters is 1. The second-order valence-electron chi connectivity index (χ2n) is 6.92. The molecule has 1 aliphatic rings. The number of methoxy groups -OCH3 is 1. The molecule has 0 aliphatic carbocycles. The molecule has 3 rings (SSSR count). The molecule has 0 radical (unpaired) electrons. The minimum absolute atomic E-state index is 0.174. The van der Waals surface area contributed by atoms with Crippen LogP contribution in [0.2, 0.25) is 0 Å². The molecule has 1 unspecified atom stereocenters. The van der Waals surface area contributed by atoms with Gasteiger partial charge in [-0.05, 0) is 23.6 Å². The van der Waals surface area contributed by atoms with Crippen molar-refractivity contribution in [2.45, 2.75) is 6.42 Å². The summed E-state index contributed by atoms with van der Waals surface area (Å²) in [7, 11) is 1.27. The third-order valence-corrected chi connectivity index (χ3v) is 5.81. The molecule has 10 heteroatoms. The number of carboxylic acids is 1. The zero-order valence-corrected chi connectivity index (χ0v) is 17.4. The first-order valence-corrected chi connectivity index (χ1v) is 10.4. The number of rotatable bonds is 8. The van der Waals surface area contributed by atoms with Gasteiger partial charge >= 0.3 is 11.9 Å². The number of carbonyl (C=O) groups excluding carboxylic acids is 2. The second-order valence-corrected chi connectivity index (χ2v) is 7.83. The molecule has 1 saturated heterocycles. The number of thiophene rings is 1. The van der Waals surface area contributed by atoms with Crippen molar-refractivity contribution in [3.05, 3.63) is 40.7 Å². The molecule has 1 aliphatic heterocycles. The fourth-order valence-corrected chi connectivity index (χ4v) is 4.09. The highest BCUT2D eigenvalue weighted by atomic mass is 32.1. The first kappa shape index (κ1) is 21.7. The highest BCUT2D eigenvalue weighted by Gasteiger charge is 2.27. The van der Waals surface area contributed by atoms with Crippen LogP contribution in [-0.2, 0) is 14.3 Å². The Morgan fingerprint density at radius 2 is 2.00 bits per heavy atom. The molecule has 0 aromatic carbocycles. The van der Waals surface area contributed by atoms with Gasteiger partial charge in [0.15, 0.2) is 0 Å². The van der Waals surface area contributed by atoms with Crippen molar-refractivity contribution in [2.75, 3.05) is 50.1 Å². The van der Waals surface area contributed by atoms with Crippen LogP contribution in [0, 0.1) is 5.92 Å². The molecule has 2 N–H and O–H groups in total. The van der Waals surface area contributed by atoms with Gasteiger partial charge in [-0.3, -0.25) is 14.5 Å². The molecule has 0 spiro atoms. The van der Waals surface area contributed by atoms with Crippen LogP contribution in [0.1, 0.15) is 16.1 Å². The predicted molar refractivity (Wildman–Crippen MR) is 113 cm³/mol. The standard InChI is InChI=1S/C20H24N4O5S/c1-29-20(28)18-15(5-11-30-18)22-17(25)12-14(19(26)27)13-23-7-9-24(10-8-23)16-4-2-3-6-21-16/h2-6,11,14H,7-10,12-13H2,1H3,(H,22,25)(H,26,27). The van der Waals surface area contributed by atoms with E-state index in [0.29, 0.717) is 18.8 Å². The number of hydrogen-bond acceptors (Lipinski definition) is 8. The van der Waals surface area contributed by atoms with Crippen LogP contribution in [0.3, 0.4) is 0 Å². The van der Waals surface area contributed by atoms with Crippen LogP contribution >= 0.6 is 11.3 Å². The SMILES string of the molecule is COC(=O)c1sccc1NC(=O)CC(CN1CCN(c2ccccn2)CC1)C(=O)O. The summed E-state index contributed by atoms with van der Waals surface area (Å²) < 4.78 is 4.69. The van der Waals surface area contributed by atoms with Crippen LogP contribution in [0.4, 0.5) is 11.5 Å². The maximum absolute atomic E-state index is 12.4. The Bertz CT molecular complexity index is 880. The second kappa shape index (κ2) is 10.2. The molecular weight excluding hydrogens is 408 g/mol. The van der Waals surface area contributed by atoms with Gasteiger partial charge < -0.3 is 20.1 Å². The van der Waals surface area contributed by atoms with E-state index in [1.165, 1.54) is 7.11 Å². The van der Waals surface area contributed by atoms with Gasteiger partial charge in [0.25, 0.3) is 0 Å². The van der Waals surface area contributed by atoms with Crippen LogP contribution < -0.4 is 10.2 Å². The van der Waals surface area contributed by atoms with Gasteiger partial charge in [-0.15, -0.1) is 11.3 Å². The molecule has 0 saturated carbocycles. The van der Waals surface area contributed by atoms with E-state index < -0.39 is 23.8 Å². The summed E-state index contributed by atoms with van der Waals surface area (Å²) in [5, 5.41) is 13.9. The van der Waals surface area contributed by atoms with Crippen molar-refractivity contribution in [3.8, 4) is 0 Å². The number of amides is 1. The minimum Gasteiger partial charge on any atom is -0.481 e. The topological polar surface area (TPSA) is 112 Å². The average molecular weight is 433 g/mol. The number of carboxylic acid groups (broad SMARTS) is 1. The first-order chi connectivity index (χ1) is 14.5. The Kier molecular flexibility index (Phi) is 7.36. The molecule has 9 nitrogen and oxygen atoms in total. The van der Waals surface area contributed by atoms with Crippen molar-refractivity contribution in [2.24, 2.45) is 5.92 Å². The van der Waals surface area contributed by atoms with Gasteiger partial charge in [0.05, 0.1) is 18.7 Å². The number of anilines is 2. The third kappa shape index (κ3) is 5.55. The number of aliphatic carboxylic acids is 1. The van der Waals surface area contributed by atoms with Crippen LogP contribution in [-0.4, -0.2) is 72.7 Å². The van der Waals surface area contributed by atoms with E-state index in [0.717, 1.165) is 30.2 Å². The van der Waals surface area contributed by atoms with Crippen molar-refractivity contribution < 1.29 is 24.2 Å². The van der Waals surface area contributed by atoms with Crippen molar-refractivity contribution in [1.29, 1.82) is 0 Å². The van der Waals surface area contributed by atoms with Crippen molar-refractivity contribution >= 4 is 40.7 Å². The van der Waals surface area contributed by atoms with Gasteiger partial charge in [-0.1, -0.05) is 6.07 Å². The summed E-state index contributed by atoms with van der Waals surface area (Å²) in [6, 6.07) is 7.36. The van der Waals surface area contributed by atoms with E-state index >= 15 is 0 Å². The molecule has 2 aromatic heterocycles. The summed E-state index contributed by atoms with van der Waals surface area (Å²) in [6.45, 7) is 3.16. The zero-order chi connectivity index (χ0) is 21.5.